The molecule has 13 heavy (non-hydrogen) atoms. The summed E-state index contributed by atoms with van der Waals surface area (Å²) in [6.07, 6.45) is 0.426. The Kier molecular flexibility index (Phi) is 5.45. The van der Waals surface area contributed by atoms with Gasteiger partial charge in [0, 0.05) is 6.42 Å². The van der Waals surface area contributed by atoms with Crippen LogP contribution in [0.3, 0.4) is 0 Å². The van der Waals surface area contributed by atoms with Gasteiger partial charge in [-0.3, -0.25) is 9.59 Å². The molecule has 0 saturated carbocycles. The fourth-order valence-electron chi connectivity index (χ4n) is 0.719. The van der Waals surface area contributed by atoms with E-state index >= 15 is 0 Å². The van der Waals surface area contributed by atoms with Crippen LogP contribution in [0.25, 0.3) is 0 Å². The first-order valence-corrected chi connectivity index (χ1v) is 3.76. The number of rotatable bonds is 6. The smallest absolute Gasteiger partial charge is 0.303 e. The van der Waals surface area contributed by atoms with Gasteiger partial charge in [0.1, 0.15) is 6.29 Å². The Morgan fingerprint density at radius 1 is 1.54 bits per heavy atom. The number of aliphatic carboxylic acids is 1. The van der Waals surface area contributed by atoms with Gasteiger partial charge in [0.25, 0.3) is 0 Å². The predicted octanol–water partition coefficient (Wildman–Crippen LogP) is -1.51. The molecule has 0 radical (unpaired) electrons. The maximum atomic E-state index is 10.7. The lowest BCUT2D eigenvalue weighted by molar-refractivity contribution is -0.137. The molecule has 4 N–H and O–H groups in total. The summed E-state index contributed by atoms with van der Waals surface area (Å²) in [5, 5.41) is 10.6. The van der Waals surface area contributed by atoms with Crippen LogP contribution in [0, 0.1) is 0 Å². The predicted molar refractivity (Wildman–Crippen MR) is 43.9 cm³/mol. The van der Waals surface area contributed by atoms with Gasteiger partial charge in [-0.1, -0.05) is 0 Å². The van der Waals surface area contributed by atoms with Crippen LogP contribution < -0.4 is 11.1 Å². The lowest BCUT2D eigenvalue weighted by Crippen LogP contribution is -2.39. The molecular weight excluding hydrogens is 176 g/mol. The summed E-state index contributed by atoms with van der Waals surface area (Å²) in [7, 11) is 0. The van der Waals surface area contributed by atoms with E-state index < -0.39 is 17.9 Å². The third kappa shape index (κ3) is 5.80. The van der Waals surface area contributed by atoms with Crippen LogP contribution >= 0.6 is 0 Å². The Balaban J connectivity index is 3.82. The Bertz CT molecular complexity index is 205. The van der Waals surface area contributed by atoms with E-state index in [1.165, 1.54) is 0 Å². The zero-order valence-corrected chi connectivity index (χ0v) is 7.03. The lowest BCUT2D eigenvalue weighted by Gasteiger charge is -2.09. The first-order chi connectivity index (χ1) is 6.10. The van der Waals surface area contributed by atoms with Crippen molar-refractivity contribution >= 4 is 18.2 Å². The Morgan fingerprint density at radius 2 is 2.15 bits per heavy atom. The molecule has 0 spiro atoms. The number of nitrogens with one attached hydrogen (secondary N) is 1. The summed E-state index contributed by atoms with van der Waals surface area (Å²) in [5.74, 6) is -1.48. The van der Waals surface area contributed by atoms with Gasteiger partial charge in [-0.05, 0) is 6.42 Å². The van der Waals surface area contributed by atoms with E-state index in [-0.39, 0.29) is 19.4 Å². The highest BCUT2D eigenvalue weighted by atomic mass is 16.4. The second-order valence-electron chi connectivity index (χ2n) is 2.45. The van der Waals surface area contributed by atoms with Crippen molar-refractivity contribution in [3.63, 3.8) is 0 Å². The standard InChI is InChI=1S/C7H12N2O4/c8-3-6(11)9-5(4-10)1-2-7(12)13/h4-5H,1-3,8H2,(H,9,11)(H,12,13)/t5-/m0/s1. The fourth-order valence-corrected chi connectivity index (χ4v) is 0.719. The average molecular weight is 188 g/mol. The molecule has 74 valence electrons. The molecule has 1 amide bonds. The highest BCUT2D eigenvalue weighted by Gasteiger charge is 2.11. The average Bonchev–Trinajstić information content (AvgIpc) is 2.11. The topological polar surface area (TPSA) is 109 Å². The highest BCUT2D eigenvalue weighted by molar-refractivity contribution is 5.81. The van der Waals surface area contributed by atoms with Crippen LogP contribution in [0.1, 0.15) is 12.8 Å². The van der Waals surface area contributed by atoms with Crippen LogP contribution in [-0.4, -0.2) is 35.9 Å². The minimum atomic E-state index is -1.01. The van der Waals surface area contributed by atoms with Crippen molar-refractivity contribution in [2.24, 2.45) is 5.73 Å². The van der Waals surface area contributed by atoms with Gasteiger partial charge in [-0.2, -0.15) is 0 Å². The summed E-state index contributed by atoms with van der Waals surface area (Å²) >= 11 is 0. The quantitative estimate of drug-likeness (QED) is 0.439. The van der Waals surface area contributed by atoms with Gasteiger partial charge in [-0.25, -0.2) is 0 Å². The van der Waals surface area contributed by atoms with Crippen molar-refractivity contribution in [3.8, 4) is 0 Å². The number of aldehydes is 1. The molecule has 0 heterocycles. The molecule has 1 atom stereocenters. The van der Waals surface area contributed by atoms with E-state index in [1.807, 2.05) is 0 Å². The summed E-state index contributed by atoms with van der Waals surface area (Å²) in [5.41, 5.74) is 4.99. The monoisotopic (exact) mass is 188 g/mol. The van der Waals surface area contributed by atoms with E-state index in [4.69, 9.17) is 10.8 Å². The second-order valence-corrected chi connectivity index (χ2v) is 2.45. The lowest BCUT2D eigenvalue weighted by atomic mass is 10.2. The molecule has 0 saturated heterocycles. The molecule has 0 rings (SSSR count). The van der Waals surface area contributed by atoms with Gasteiger partial charge in [0.2, 0.25) is 5.91 Å². The molecule has 0 unspecified atom stereocenters. The van der Waals surface area contributed by atoms with E-state index in [0.29, 0.717) is 6.29 Å². The normalized spacial score (nSPS) is 11.8. The summed E-state index contributed by atoms with van der Waals surface area (Å²) < 4.78 is 0. The van der Waals surface area contributed by atoms with Crippen LogP contribution in [0.15, 0.2) is 0 Å². The number of amides is 1. The van der Waals surface area contributed by atoms with E-state index in [1.54, 1.807) is 0 Å². The number of nitrogens with two attached hydrogens (primary N) is 1. The first kappa shape index (κ1) is 11.6. The minimum absolute atomic E-state index is 0.0879. The third-order valence-electron chi connectivity index (χ3n) is 1.37. The Labute approximate surface area is 75.1 Å². The summed E-state index contributed by atoms with van der Waals surface area (Å²) in [4.78, 5) is 31.1. The molecule has 0 bridgehead atoms. The maximum absolute atomic E-state index is 10.7. The number of hydrogen-bond acceptors (Lipinski definition) is 4. The second kappa shape index (κ2) is 6.13. The molecule has 0 aromatic rings. The molecule has 0 aromatic heterocycles. The van der Waals surface area contributed by atoms with Gasteiger partial charge in [-0.15, -0.1) is 0 Å². The van der Waals surface area contributed by atoms with Crippen molar-refractivity contribution in [2.75, 3.05) is 6.54 Å². The highest BCUT2D eigenvalue weighted by Crippen LogP contribution is 1.94. The molecular formula is C7H12N2O4. The fraction of sp³-hybridized carbons (Fsp3) is 0.571. The van der Waals surface area contributed by atoms with Crippen LogP contribution in [-0.2, 0) is 14.4 Å². The minimum Gasteiger partial charge on any atom is -0.481 e. The zero-order valence-electron chi connectivity index (χ0n) is 7.03. The van der Waals surface area contributed by atoms with Gasteiger partial charge in [0.05, 0.1) is 12.6 Å². The van der Waals surface area contributed by atoms with Crippen molar-refractivity contribution in [2.45, 2.75) is 18.9 Å². The molecule has 0 aliphatic carbocycles. The van der Waals surface area contributed by atoms with Crippen molar-refractivity contribution < 1.29 is 19.5 Å². The molecule has 0 aromatic carbocycles. The van der Waals surface area contributed by atoms with Crippen molar-refractivity contribution in [1.29, 1.82) is 0 Å². The number of hydrogen-bond donors (Lipinski definition) is 3. The van der Waals surface area contributed by atoms with E-state index in [0.717, 1.165) is 0 Å². The van der Waals surface area contributed by atoms with Gasteiger partial charge < -0.3 is 21.0 Å². The summed E-state index contributed by atoms with van der Waals surface area (Å²) in [6.45, 7) is -0.211. The van der Waals surface area contributed by atoms with Crippen LogP contribution in [0.2, 0.25) is 0 Å². The number of carboxylic acids is 1. The van der Waals surface area contributed by atoms with E-state index in [2.05, 4.69) is 5.32 Å². The third-order valence-corrected chi connectivity index (χ3v) is 1.37. The number of carboxylic acid groups (broad SMARTS) is 1. The maximum Gasteiger partial charge on any atom is 0.303 e. The van der Waals surface area contributed by atoms with Crippen LogP contribution in [0.5, 0.6) is 0 Å². The van der Waals surface area contributed by atoms with Gasteiger partial charge in [0.15, 0.2) is 0 Å². The Morgan fingerprint density at radius 3 is 2.54 bits per heavy atom. The van der Waals surface area contributed by atoms with Crippen molar-refractivity contribution in [1.82, 2.24) is 5.32 Å². The van der Waals surface area contributed by atoms with Gasteiger partial charge >= 0.3 is 5.97 Å². The molecule has 0 fully saturated rings. The van der Waals surface area contributed by atoms with Crippen molar-refractivity contribution in [3.05, 3.63) is 0 Å². The Hall–Kier alpha value is -1.43. The molecule has 0 aliphatic heterocycles. The largest absolute Gasteiger partial charge is 0.481 e. The molecule has 6 heteroatoms. The van der Waals surface area contributed by atoms with E-state index in [9.17, 15) is 14.4 Å². The molecule has 0 aliphatic rings. The summed E-state index contributed by atoms with van der Waals surface area (Å²) in [6, 6.07) is -0.757. The first-order valence-electron chi connectivity index (χ1n) is 3.76. The zero-order chi connectivity index (χ0) is 10.3. The number of carbonyl (C=O) groups excluding carboxylic acids is 2. The van der Waals surface area contributed by atoms with Crippen LogP contribution in [0.4, 0.5) is 0 Å². The molecule has 6 nitrogen and oxygen atoms in total. The SMILES string of the molecule is NCC(=O)N[C@H](C=O)CCC(=O)O. The number of carbonyl (C=O) groups is 3.